The normalized spacial score (nSPS) is 18.7. The Morgan fingerprint density at radius 3 is 2.63 bits per heavy atom. The molecule has 1 aromatic rings. The highest BCUT2D eigenvalue weighted by Gasteiger charge is 2.24. The molecule has 2 rings (SSSR count). The third-order valence-corrected chi connectivity index (χ3v) is 4.35. The lowest BCUT2D eigenvalue weighted by atomic mass is 9.83. The summed E-state index contributed by atoms with van der Waals surface area (Å²) in [5, 5.41) is 8.39. The van der Waals surface area contributed by atoms with Crippen molar-refractivity contribution in [3.63, 3.8) is 0 Å². The Morgan fingerprint density at radius 2 is 2.05 bits per heavy atom. The Bertz CT molecular complexity index is 377. The standard InChI is InChI=1S/C16H29N3/c1-4-10-17-16(15-8-6-5-7-9-15)12-19-14(3)11-13(2)18-19/h11,15-17H,4-10,12H2,1-3H3. The average molecular weight is 263 g/mol. The van der Waals surface area contributed by atoms with Crippen molar-refractivity contribution in [2.45, 2.75) is 71.9 Å². The molecule has 0 spiro atoms. The van der Waals surface area contributed by atoms with Crippen LogP contribution in [0, 0.1) is 19.8 Å². The topological polar surface area (TPSA) is 29.9 Å². The minimum atomic E-state index is 0.596. The molecule has 1 aromatic heterocycles. The van der Waals surface area contributed by atoms with E-state index < -0.39 is 0 Å². The summed E-state index contributed by atoms with van der Waals surface area (Å²) in [7, 11) is 0. The van der Waals surface area contributed by atoms with E-state index in [9.17, 15) is 0 Å². The van der Waals surface area contributed by atoms with E-state index in [2.05, 4.69) is 41.9 Å². The molecule has 1 aliphatic rings. The number of nitrogens with one attached hydrogen (secondary N) is 1. The lowest BCUT2D eigenvalue weighted by Gasteiger charge is -2.31. The summed E-state index contributed by atoms with van der Waals surface area (Å²) >= 11 is 0. The van der Waals surface area contributed by atoms with Crippen LogP contribution < -0.4 is 5.32 Å². The second kappa shape index (κ2) is 7.09. The van der Waals surface area contributed by atoms with Crippen molar-refractivity contribution >= 4 is 0 Å². The maximum absolute atomic E-state index is 4.63. The minimum absolute atomic E-state index is 0.596. The van der Waals surface area contributed by atoms with Gasteiger partial charge in [-0.25, -0.2) is 0 Å². The first-order valence-electron chi connectivity index (χ1n) is 7.95. The van der Waals surface area contributed by atoms with Crippen molar-refractivity contribution in [2.75, 3.05) is 6.54 Å². The zero-order chi connectivity index (χ0) is 13.7. The zero-order valence-electron chi connectivity index (χ0n) is 12.8. The third kappa shape index (κ3) is 4.07. The molecule has 0 saturated heterocycles. The smallest absolute Gasteiger partial charge is 0.0596 e. The van der Waals surface area contributed by atoms with Crippen molar-refractivity contribution in [2.24, 2.45) is 5.92 Å². The van der Waals surface area contributed by atoms with Crippen LogP contribution in [-0.2, 0) is 6.54 Å². The van der Waals surface area contributed by atoms with Crippen LogP contribution >= 0.6 is 0 Å². The molecule has 1 fully saturated rings. The van der Waals surface area contributed by atoms with Crippen LogP contribution in [0.1, 0.15) is 56.8 Å². The van der Waals surface area contributed by atoms with Crippen LogP contribution in [0.5, 0.6) is 0 Å². The van der Waals surface area contributed by atoms with E-state index in [-0.39, 0.29) is 0 Å². The fraction of sp³-hybridized carbons (Fsp3) is 0.812. The van der Waals surface area contributed by atoms with Crippen molar-refractivity contribution in [3.05, 3.63) is 17.5 Å². The Morgan fingerprint density at radius 1 is 1.32 bits per heavy atom. The van der Waals surface area contributed by atoms with E-state index in [0.29, 0.717) is 6.04 Å². The molecule has 1 aliphatic carbocycles. The molecule has 0 bridgehead atoms. The van der Waals surface area contributed by atoms with Crippen LogP contribution in [0.15, 0.2) is 6.07 Å². The van der Waals surface area contributed by atoms with Crippen molar-refractivity contribution < 1.29 is 0 Å². The number of aromatic nitrogens is 2. The highest BCUT2D eigenvalue weighted by molar-refractivity contribution is 5.06. The molecular weight excluding hydrogens is 234 g/mol. The monoisotopic (exact) mass is 263 g/mol. The minimum Gasteiger partial charge on any atom is -0.312 e. The second-order valence-electron chi connectivity index (χ2n) is 6.07. The SMILES string of the molecule is CCCNC(Cn1nc(C)cc1C)C1CCCCC1. The van der Waals surface area contributed by atoms with Gasteiger partial charge in [0.25, 0.3) is 0 Å². The third-order valence-electron chi connectivity index (χ3n) is 4.35. The number of rotatable bonds is 6. The predicted molar refractivity (Wildman–Crippen MR) is 80.4 cm³/mol. The Kier molecular flexibility index (Phi) is 5.44. The molecule has 1 unspecified atom stereocenters. The number of nitrogens with zero attached hydrogens (tertiary/aromatic N) is 2. The van der Waals surface area contributed by atoms with Gasteiger partial charge in [0.05, 0.1) is 12.2 Å². The van der Waals surface area contributed by atoms with Gasteiger partial charge < -0.3 is 5.32 Å². The van der Waals surface area contributed by atoms with Gasteiger partial charge in [0.15, 0.2) is 0 Å². The largest absolute Gasteiger partial charge is 0.312 e. The van der Waals surface area contributed by atoms with Crippen molar-refractivity contribution in [1.29, 1.82) is 0 Å². The van der Waals surface area contributed by atoms with Gasteiger partial charge in [-0.15, -0.1) is 0 Å². The molecule has 1 saturated carbocycles. The van der Waals surface area contributed by atoms with Crippen LogP contribution in [0.4, 0.5) is 0 Å². The highest BCUT2D eigenvalue weighted by Crippen LogP contribution is 2.27. The molecule has 108 valence electrons. The molecule has 0 aliphatic heterocycles. The molecule has 3 heteroatoms. The second-order valence-corrected chi connectivity index (χ2v) is 6.07. The Hall–Kier alpha value is -0.830. The van der Waals surface area contributed by atoms with E-state index in [1.165, 1.54) is 44.2 Å². The molecular formula is C16H29N3. The van der Waals surface area contributed by atoms with Crippen LogP contribution in [-0.4, -0.2) is 22.4 Å². The molecule has 0 radical (unpaired) electrons. The molecule has 0 aromatic carbocycles. The van der Waals surface area contributed by atoms with Gasteiger partial charge in [-0.2, -0.15) is 5.10 Å². The summed E-state index contributed by atoms with van der Waals surface area (Å²) in [5.74, 6) is 0.837. The zero-order valence-corrected chi connectivity index (χ0v) is 12.8. The van der Waals surface area contributed by atoms with Gasteiger partial charge in [-0.05, 0) is 51.6 Å². The summed E-state index contributed by atoms with van der Waals surface area (Å²) < 4.78 is 2.19. The first-order valence-corrected chi connectivity index (χ1v) is 7.95. The number of aryl methyl sites for hydroxylation is 2. The lowest BCUT2D eigenvalue weighted by molar-refractivity contribution is 0.241. The quantitative estimate of drug-likeness (QED) is 0.852. The van der Waals surface area contributed by atoms with Crippen LogP contribution in [0.25, 0.3) is 0 Å². The fourth-order valence-corrected chi connectivity index (χ4v) is 3.29. The summed E-state index contributed by atoms with van der Waals surface area (Å²) in [6, 6.07) is 2.77. The fourth-order valence-electron chi connectivity index (χ4n) is 3.29. The first-order chi connectivity index (χ1) is 9.20. The summed E-state index contributed by atoms with van der Waals surface area (Å²) in [4.78, 5) is 0. The predicted octanol–water partition coefficient (Wildman–Crippen LogP) is 3.45. The van der Waals surface area contributed by atoms with Gasteiger partial charge in [0.1, 0.15) is 0 Å². The maximum atomic E-state index is 4.63. The Labute approximate surface area is 117 Å². The van der Waals surface area contributed by atoms with Crippen LogP contribution in [0.3, 0.4) is 0 Å². The van der Waals surface area contributed by atoms with Gasteiger partial charge in [0, 0.05) is 11.7 Å². The molecule has 1 atom stereocenters. The molecule has 3 nitrogen and oxygen atoms in total. The number of hydrogen-bond acceptors (Lipinski definition) is 2. The van der Waals surface area contributed by atoms with Gasteiger partial charge in [0.2, 0.25) is 0 Å². The van der Waals surface area contributed by atoms with Crippen LogP contribution in [0.2, 0.25) is 0 Å². The first kappa shape index (κ1) is 14.6. The van der Waals surface area contributed by atoms with E-state index in [1.807, 2.05) is 0 Å². The Balaban J connectivity index is 2.01. The van der Waals surface area contributed by atoms with E-state index in [1.54, 1.807) is 0 Å². The van der Waals surface area contributed by atoms with E-state index in [4.69, 9.17) is 0 Å². The molecule has 0 amide bonds. The maximum Gasteiger partial charge on any atom is 0.0596 e. The molecule has 1 heterocycles. The van der Waals surface area contributed by atoms with Crippen molar-refractivity contribution in [1.82, 2.24) is 15.1 Å². The molecule has 19 heavy (non-hydrogen) atoms. The van der Waals surface area contributed by atoms with E-state index >= 15 is 0 Å². The summed E-state index contributed by atoms with van der Waals surface area (Å²) in [6.07, 6.45) is 8.23. The number of hydrogen-bond donors (Lipinski definition) is 1. The van der Waals surface area contributed by atoms with Gasteiger partial charge in [-0.3, -0.25) is 4.68 Å². The summed E-state index contributed by atoms with van der Waals surface area (Å²) in [6.45, 7) is 8.65. The van der Waals surface area contributed by atoms with E-state index in [0.717, 1.165) is 24.7 Å². The van der Waals surface area contributed by atoms with Gasteiger partial charge >= 0.3 is 0 Å². The van der Waals surface area contributed by atoms with Crippen molar-refractivity contribution in [3.8, 4) is 0 Å². The molecule has 1 N–H and O–H groups in total. The average Bonchev–Trinajstić information content (AvgIpc) is 2.73. The van der Waals surface area contributed by atoms with Gasteiger partial charge in [-0.1, -0.05) is 26.2 Å². The highest BCUT2D eigenvalue weighted by atomic mass is 15.3. The lowest BCUT2D eigenvalue weighted by Crippen LogP contribution is -2.41. The summed E-state index contributed by atoms with van der Waals surface area (Å²) in [5.41, 5.74) is 2.42.